The minimum atomic E-state index is -3.64. The van der Waals surface area contributed by atoms with Crippen LogP contribution in [0.15, 0.2) is 36.4 Å². The predicted octanol–water partition coefficient (Wildman–Crippen LogP) is 4.60. The molecule has 1 aliphatic rings. The van der Waals surface area contributed by atoms with Gasteiger partial charge in [0.1, 0.15) is 6.04 Å². The number of carbonyl (C=O) groups is 2. The summed E-state index contributed by atoms with van der Waals surface area (Å²) in [5, 5.41) is 3.76. The van der Waals surface area contributed by atoms with Crippen LogP contribution >= 0.6 is 23.2 Å². The highest BCUT2D eigenvalue weighted by atomic mass is 35.5. The number of nitrogens with zero attached hydrogens (tertiary/aromatic N) is 2. The van der Waals surface area contributed by atoms with Crippen molar-refractivity contribution in [3.63, 3.8) is 0 Å². The Morgan fingerprint density at radius 1 is 1.08 bits per heavy atom. The van der Waals surface area contributed by atoms with Crippen LogP contribution < -0.4 is 19.1 Å². The number of benzene rings is 2. The molecule has 0 unspecified atom stereocenters. The average molecular weight is 587 g/mol. The fourth-order valence-electron chi connectivity index (χ4n) is 3.93. The van der Waals surface area contributed by atoms with Gasteiger partial charge >= 0.3 is 0 Å². The third kappa shape index (κ3) is 7.68. The number of amides is 2. The Balaban J connectivity index is 1.76. The highest BCUT2D eigenvalue weighted by Crippen LogP contribution is 2.36. The van der Waals surface area contributed by atoms with Crippen LogP contribution in [0, 0.1) is 0 Å². The second-order valence-corrected chi connectivity index (χ2v) is 12.0. The number of halogens is 2. The molecule has 0 radical (unpaired) electrons. The van der Waals surface area contributed by atoms with Crippen LogP contribution in [0.2, 0.25) is 10.0 Å². The first-order valence-electron chi connectivity index (χ1n) is 12.3. The lowest BCUT2D eigenvalue weighted by Gasteiger charge is -2.30. The largest absolute Gasteiger partial charge is 0.454 e. The minimum absolute atomic E-state index is 0.0166. The molecule has 0 saturated carbocycles. The van der Waals surface area contributed by atoms with Crippen molar-refractivity contribution < 1.29 is 27.5 Å². The molecule has 0 aromatic heterocycles. The minimum Gasteiger partial charge on any atom is -0.454 e. The van der Waals surface area contributed by atoms with Crippen molar-refractivity contribution in [1.82, 2.24) is 10.2 Å². The molecule has 3 rings (SSSR count). The number of ether oxygens (including phenoxy) is 2. The molecule has 0 spiro atoms. The van der Waals surface area contributed by atoms with Gasteiger partial charge in [-0.1, -0.05) is 36.2 Å². The van der Waals surface area contributed by atoms with Gasteiger partial charge in [0.15, 0.2) is 11.5 Å². The van der Waals surface area contributed by atoms with Gasteiger partial charge in [0, 0.05) is 41.7 Å². The highest BCUT2D eigenvalue weighted by molar-refractivity contribution is 7.92. The highest BCUT2D eigenvalue weighted by Gasteiger charge is 2.28. The average Bonchev–Trinajstić information content (AvgIpc) is 3.32. The summed E-state index contributed by atoms with van der Waals surface area (Å²) in [5.41, 5.74) is 1.06. The molecule has 2 aromatic carbocycles. The Hall–Kier alpha value is -2.69. The summed E-state index contributed by atoms with van der Waals surface area (Å²) in [6.45, 7) is 5.74. The summed E-state index contributed by atoms with van der Waals surface area (Å²) in [7, 11) is -3.64. The van der Waals surface area contributed by atoms with Crippen molar-refractivity contribution in [2.24, 2.45) is 0 Å². The number of rotatable bonds is 12. The summed E-state index contributed by atoms with van der Waals surface area (Å²) in [6.07, 6.45) is 2.10. The normalized spacial score (nSPS) is 14.1. The van der Waals surface area contributed by atoms with Crippen LogP contribution in [0.25, 0.3) is 0 Å². The number of hydrogen-bond donors (Lipinski definition) is 1. The SMILES string of the molecule is CC[C@@H](C)NC(=O)[C@H](C)N(Cc1ccc(Cl)cc1Cl)C(=O)CCCN(c1ccc2c(c1)OCO2)S(C)(=O)=O. The van der Waals surface area contributed by atoms with Gasteiger partial charge in [0.05, 0.1) is 11.9 Å². The van der Waals surface area contributed by atoms with Gasteiger partial charge in [-0.05, 0) is 56.5 Å². The molecule has 0 saturated heterocycles. The lowest BCUT2D eigenvalue weighted by molar-refractivity contribution is -0.140. The zero-order valence-corrected chi connectivity index (χ0v) is 24.2. The van der Waals surface area contributed by atoms with Crippen LogP contribution in [0.5, 0.6) is 11.5 Å². The third-order valence-corrected chi connectivity index (χ3v) is 8.10. The van der Waals surface area contributed by atoms with E-state index in [1.165, 1.54) is 9.21 Å². The molecule has 12 heteroatoms. The summed E-state index contributed by atoms with van der Waals surface area (Å²) in [4.78, 5) is 27.8. The van der Waals surface area contributed by atoms with Crippen molar-refractivity contribution in [1.29, 1.82) is 0 Å². The first-order valence-corrected chi connectivity index (χ1v) is 14.9. The molecule has 0 aliphatic carbocycles. The molecule has 38 heavy (non-hydrogen) atoms. The van der Waals surface area contributed by atoms with E-state index in [0.29, 0.717) is 32.8 Å². The Morgan fingerprint density at radius 3 is 2.45 bits per heavy atom. The molecule has 1 aliphatic heterocycles. The number of nitrogens with one attached hydrogen (secondary N) is 1. The van der Waals surface area contributed by atoms with Gasteiger partial charge in [0.2, 0.25) is 28.6 Å². The van der Waals surface area contributed by atoms with Crippen LogP contribution in [0.3, 0.4) is 0 Å². The van der Waals surface area contributed by atoms with E-state index in [1.807, 2.05) is 13.8 Å². The quantitative estimate of drug-likeness (QED) is 0.390. The number of hydrogen-bond acceptors (Lipinski definition) is 6. The van der Waals surface area contributed by atoms with Crippen LogP contribution in [-0.4, -0.2) is 56.8 Å². The van der Waals surface area contributed by atoms with E-state index in [4.69, 9.17) is 32.7 Å². The zero-order valence-electron chi connectivity index (χ0n) is 21.9. The van der Waals surface area contributed by atoms with E-state index in [9.17, 15) is 18.0 Å². The Morgan fingerprint density at radius 2 is 1.79 bits per heavy atom. The Labute approximate surface area is 234 Å². The molecule has 0 fully saturated rings. The number of sulfonamides is 1. The summed E-state index contributed by atoms with van der Waals surface area (Å²) >= 11 is 12.4. The van der Waals surface area contributed by atoms with E-state index in [1.54, 1.807) is 43.3 Å². The van der Waals surface area contributed by atoms with Crippen molar-refractivity contribution in [2.75, 3.05) is 23.9 Å². The fourth-order valence-corrected chi connectivity index (χ4v) is 5.35. The van der Waals surface area contributed by atoms with Crippen LogP contribution in [0.1, 0.15) is 45.6 Å². The van der Waals surface area contributed by atoms with E-state index in [0.717, 1.165) is 12.7 Å². The first kappa shape index (κ1) is 29.9. The summed E-state index contributed by atoms with van der Waals surface area (Å²) in [6, 6.07) is 9.03. The van der Waals surface area contributed by atoms with E-state index < -0.39 is 16.1 Å². The predicted molar refractivity (Wildman–Crippen MR) is 148 cm³/mol. The maximum absolute atomic E-state index is 13.4. The standard InChI is InChI=1S/C26H33Cl2N3O6S/c1-5-17(2)29-26(33)18(3)30(15-19-8-9-20(27)13-22(19)28)25(32)7-6-12-31(38(4,34)35)21-10-11-23-24(14-21)37-16-36-23/h8-11,13-14,17-18H,5-7,12,15-16H2,1-4H3,(H,29,33)/t17-,18+/m1/s1. The second-order valence-electron chi connectivity index (χ2n) is 9.23. The number of anilines is 1. The topological polar surface area (TPSA) is 105 Å². The molecule has 1 heterocycles. The smallest absolute Gasteiger partial charge is 0.242 e. The van der Waals surface area contributed by atoms with Gasteiger partial charge in [-0.25, -0.2) is 8.42 Å². The monoisotopic (exact) mass is 585 g/mol. The fraction of sp³-hybridized carbons (Fsp3) is 0.462. The molecule has 0 bridgehead atoms. The van der Waals surface area contributed by atoms with Crippen molar-refractivity contribution in [3.8, 4) is 11.5 Å². The Kier molecular flexibility index (Phi) is 10.1. The van der Waals surface area contributed by atoms with Crippen LogP contribution in [-0.2, 0) is 26.2 Å². The molecule has 9 nitrogen and oxygen atoms in total. The summed E-state index contributed by atoms with van der Waals surface area (Å²) < 4.78 is 37.0. The first-order chi connectivity index (χ1) is 17.9. The molecule has 2 aromatic rings. The van der Waals surface area contributed by atoms with Crippen molar-refractivity contribution in [2.45, 2.75) is 58.7 Å². The molecular weight excluding hydrogens is 553 g/mol. The van der Waals surface area contributed by atoms with E-state index >= 15 is 0 Å². The molecule has 2 amide bonds. The van der Waals surface area contributed by atoms with Gasteiger partial charge in [0.25, 0.3) is 0 Å². The lowest BCUT2D eigenvalue weighted by atomic mass is 10.1. The molecule has 208 valence electrons. The maximum Gasteiger partial charge on any atom is 0.242 e. The van der Waals surface area contributed by atoms with E-state index in [-0.39, 0.29) is 50.6 Å². The lowest BCUT2D eigenvalue weighted by Crippen LogP contribution is -2.49. The van der Waals surface area contributed by atoms with Crippen molar-refractivity contribution in [3.05, 3.63) is 52.0 Å². The van der Waals surface area contributed by atoms with Crippen molar-refractivity contribution >= 4 is 50.7 Å². The zero-order chi connectivity index (χ0) is 28.0. The Bertz CT molecular complexity index is 1270. The van der Waals surface area contributed by atoms with Gasteiger partial charge < -0.3 is 19.7 Å². The molecule has 1 N–H and O–H groups in total. The maximum atomic E-state index is 13.4. The second kappa shape index (κ2) is 12.9. The number of carbonyl (C=O) groups excluding carboxylic acids is 2. The van der Waals surface area contributed by atoms with Gasteiger partial charge in [-0.2, -0.15) is 0 Å². The van der Waals surface area contributed by atoms with Crippen LogP contribution in [0.4, 0.5) is 5.69 Å². The number of fused-ring (bicyclic) bond motifs is 1. The third-order valence-electron chi connectivity index (χ3n) is 6.32. The van der Waals surface area contributed by atoms with E-state index in [2.05, 4.69) is 5.32 Å². The summed E-state index contributed by atoms with van der Waals surface area (Å²) in [5.74, 6) is 0.413. The molecular formula is C26H33Cl2N3O6S. The van der Waals surface area contributed by atoms with Gasteiger partial charge in [-0.3, -0.25) is 13.9 Å². The van der Waals surface area contributed by atoms with Gasteiger partial charge in [-0.15, -0.1) is 0 Å². The molecule has 2 atom stereocenters.